The van der Waals surface area contributed by atoms with E-state index in [0.717, 1.165) is 6.54 Å². The van der Waals surface area contributed by atoms with E-state index in [0.29, 0.717) is 6.54 Å². The van der Waals surface area contributed by atoms with Gasteiger partial charge in [-0.1, -0.05) is 17.7 Å². The number of aryl methyl sites for hydroxylation is 3. The van der Waals surface area contributed by atoms with Crippen LogP contribution in [0.15, 0.2) is 12.1 Å². The summed E-state index contributed by atoms with van der Waals surface area (Å²) in [5, 5.41) is 3.50. The molecule has 0 heterocycles. The Hall–Kier alpha value is -1.55. The van der Waals surface area contributed by atoms with E-state index in [1.54, 1.807) is 11.9 Å². The zero-order valence-electron chi connectivity index (χ0n) is 15.9. The molecule has 0 aliphatic heterocycles. The average Bonchev–Trinajstić information content (AvgIpc) is 2.35. The van der Waals surface area contributed by atoms with Crippen LogP contribution in [0.2, 0.25) is 0 Å². The van der Waals surface area contributed by atoms with Gasteiger partial charge >= 0.3 is 6.09 Å². The van der Waals surface area contributed by atoms with Gasteiger partial charge in [-0.15, -0.1) is 0 Å². The van der Waals surface area contributed by atoms with Crippen LogP contribution in [0.3, 0.4) is 0 Å². The first kappa shape index (κ1) is 19.5. The number of hydrogen-bond donors (Lipinski definition) is 1. The molecule has 0 saturated carbocycles. The Kier molecular flexibility index (Phi) is 6.63. The van der Waals surface area contributed by atoms with E-state index in [2.05, 4.69) is 45.1 Å². The molecule has 1 aromatic rings. The van der Waals surface area contributed by atoms with E-state index in [-0.39, 0.29) is 12.1 Å². The summed E-state index contributed by atoms with van der Waals surface area (Å²) in [4.78, 5) is 13.5. The molecule has 0 aliphatic rings. The van der Waals surface area contributed by atoms with Crippen molar-refractivity contribution >= 4 is 6.09 Å². The molecule has 4 nitrogen and oxygen atoms in total. The second-order valence-corrected chi connectivity index (χ2v) is 7.39. The number of nitrogens with one attached hydrogen (secondary N) is 1. The maximum atomic E-state index is 11.9. The molecular weight excluding hydrogens is 288 g/mol. The number of ether oxygens (including phenoxy) is 1. The van der Waals surface area contributed by atoms with Gasteiger partial charge in [-0.25, -0.2) is 4.79 Å². The molecule has 0 aromatic heterocycles. The Morgan fingerprint density at radius 3 is 2.22 bits per heavy atom. The van der Waals surface area contributed by atoms with Crippen molar-refractivity contribution in [2.75, 3.05) is 20.1 Å². The molecule has 1 amide bonds. The van der Waals surface area contributed by atoms with Crippen molar-refractivity contribution in [3.05, 3.63) is 34.4 Å². The summed E-state index contributed by atoms with van der Waals surface area (Å²) in [5.41, 5.74) is 4.80. The predicted octanol–water partition coefficient (Wildman–Crippen LogP) is 4.13. The van der Waals surface area contributed by atoms with Crippen molar-refractivity contribution in [1.82, 2.24) is 10.2 Å². The highest BCUT2D eigenvalue weighted by Crippen LogP contribution is 2.23. The molecule has 0 fully saturated rings. The quantitative estimate of drug-likeness (QED) is 0.887. The average molecular weight is 320 g/mol. The third-order valence-electron chi connectivity index (χ3n) is 3.77. The van der Waals surface area contributed by atoms with E-state index < -0.39 is 5.60 Å². The van der Waals surface area contributed by atoms with E-state index >= 15 is 0 Å². The molecule has 1 unspecified atom stereocenters. The highest BCUT2D eigenvalue weighted by Gasteiger charge is 2.19. The number of carbonyl (C=O) groups is 1. The minimum atomic E-state index is -0.456. The van der Waals surface area contributed by atoms with Crippen molar-refractivity contribution in [2.24, 2.45) is 0 Å². The first-order chi connectivity index (χ1) is 10.5. The van der Waals surface area contributed by atoms with Gasteiger partial charge in [0.1, 0.15) is 5.60 Å². The molecular formula is C19H32N2O2. The Labute approximate surface area is 141 Å². The van der Waals surface area contributed by atoms with Gasteiger partial charge < -0.3 is 15.0 Å². The molecule has 23 heavy (non-hydrogen) atoms. The summed E-state index contributed by atoms with van der Waals surface area (Å²) >= 11 is 0. The monoisotopic (exact) mass is 320 g/mol. The second kappa shape index (κ2) is 7.82. The topological polar surface area (TPSA) is 41.6 Å². The van der Waals surface area contributed by atoms with Crippen LogP contribution in [-0.2, 0) is 4.74 Å². The smallest absolute Gasteiger partial charge is 0.410 e. The maximum Gasteiger partial charge on any atom is 0.410 e. The number of carbonyl (C=O) groups excluding carboxylic acids is 1. The first-order valence-corrected chi connectivity index (χ1v) is 8.26. The van der Waals surface area contributed by atoms with Gasteiger partial charge in [-0.3, -0.25) is 0 Å². The number of rotatable bonds is 5. The molecule has 1 N–H and O–H groups in total. The molecule has 0 aliphatic carbocycles. The number of amides is 1. The highest BCUT2D eigenvalue weighted by molar-refractivity contribution is 5.67. The summed E-state index contributed by atoms with van der Waals surface area (Å²) in [6, 6.07) is 4.68. The fourth-order valence-corrected chi connectivity index (χ4v) is 2.86. The largest absolute Gasteiger partial charge is 0.444 e. The van der Waals surface area contributed by atoms with Gasteiger partial charge in [0.25, 0.3) is 0 Å². The fraction of sp³-hybridized carbons (Fsp3) is 0.632. The SMILES string of the molecule is Cc1cc(C)c(C(C)NCCN(C)C(=O)OC(C)(C)C)c(C)c1. The molecule has 1 aromatic carbocycles. The van der Waals surface area contributed by atoms with Crippen LogP contribution in [0.1, 0.15) is 56.0 Å². The van der Waals surface area contributed by atoms with Crippen LogP contribution < -0.4 is 5.32 Å². The minimum absolute atomic E-state index is 0.252. The Bertz CT molecular complexity index is 524. The summed E-state index contributed by atoms with van der Waals surface area (Å²) in [6.45, 7) is 15.6. The van der Waals surface area contributed by atoms with Crippen LogP contribution in [0.4, 0.5) is 4.79 Å². The summed E-state index contributed by atoms with van der Waals surface area (Å²) in [7, 11) is 1.77. The summed E-state index contributed by atoms with van der Waals surface area (Å²) in [5.74, 6) is 0. The molecule has 0 spiro atoms. The Morgan fingerprint density at radius 2 is 1.74 bits per heavy atom. The summed E-state index contributed by atoms with van der Waals surface area (Å²) in [6.07, 6.45) is -0.283. The van der Waals surface area contributed by atoms with Crippen molar-refractivity contribution in [3.8, 4) is 0 Å². The molecule has 0 saturated heterocycles. The lowest BCUT2D eigenvalue weighted by Gasteiger charge is -2.25. The zero-order valence-corrected chi connectivity index (χ0v) is 15.9. The van der Waals surface area contributed by atoms with Gasteiger partial charge in [0.2, 0.25) is 0 Å². The van der Waals surface area contributed by atoms with Crippen LogP contribution in [0, 0.1) is 20.8 Å². The van der Waals surface area contributed by atoms with Gasteiger partial charge in [-0.2, -0.15) is 0 Å². The lowest BCUT2D eigenvalue weighted by Crippen LogP contribution is -2.38. The highest BCUT2D eigenvalue weighted by atomic mass is 16.6. The third kappa shape index (κ3) is 6.22. The van der Waals surface area contributed by atoms with E-state index in [1.165, 1.54) is 22.3 Å². The second-order valence-electron chi connectivity index (χ2n) is 7.39. The van der Waals surface area contributed by atoms with Crippen molar-refractivity contribution in [1.29, 1.82) is 0 Å². The van der Waals surface area contributed by atoms with Gasteiger partial charge in [0.05, 0.1) is 0 Å². The van der Waals surface area contributed by atoms with Crippen molar-refractivity contribution in [3.63, 3.8) is 0 Å². The number of benzene rings is 1. The molecule has 1 rings (SSSR count). The van der Waals surface area contributed by atoms with Crippen molar-refractivity contribution < 1.29 is 9.53 Å². The minimum Gasteiger partial charge on any atom is -0.444 e. The van der Waals surface area contributed by atoms with Crippen LogP contribution in [-0.4, -0.2) is 36.7 Å². The van der Waals surface area contributed by atoms with Crippen molar-refractivity contribution in [2.45, 2.75) is 60.1 Å². The van der Waals surface area contributed by atoms with E-state index in [1.807, 2.05) is 20.8 Å². The van der Waals surface area contributed by atoms with Gasteiger partial charge in [0, 0.05) is 26.2 Å². The fourth-order valence-electron chi connectivity index (χ4n) is 2.86. The van der Waals surface area contributed by atoms with Crippen LogP contribution in [0.25, 0.3) is 0 Å². The van der Waals surface area contributed by atoms with Gasteiger partial charge in [0.15, 0.2) is 0 Å². The van der Waals surface area contributed by atoms with Gasteiger partial charge in [-0.05, 0) is 65.2 Å². The summed E-state index contributed by atoms with van der Waals surface area (Å²) < 4.78 is 5.35. The normalized spacial score (nSPS) is 12.9. The van der Waals surface area contributed by atoms with E-state index in [4.69, 9.17) is 4.74 Å². The molecule has 130 valence electrons. The predicted molar refractivity (Wildman–Crippen MR) is 95.9 cm³/mol. The number of likely N-dealkylation sites (N-methyl/N-ethyl adjacent to an activating group) is 1. The Balaban J connectivity index is 2.54. The first-order valence-electron chi connectivity index (χ1n) is 8.26. The standard InChI is InChI=1S/C19H32N2O2/c1-13-11-14(2)17(15(3)12-13)16(4)20-9-10-21(8)18(22)23-19(5,6)7/h11-12,16,20H,9-10H2,1-8H3. The zero-order chi connectivity index (χ0) is 17.8. The van der Waals surface area contributed by atoms with E-state index in [9.17, 15) is 4.79 Å². The Morgan fingerprint density at radius 1 is 1.22 bits per heavy atom. The molecule has 0 radical (unpaired) electrons. The molecule has 4 heteroatoms. The third-order valence-corrected chi connectivity index (χ3v) is 3.77. The van der Waals surface area contributed by atoms with Crippen LogP contribution >= 0.6 is 0 Å². The maximum absolute atomic E-state index is 11.9. The molecule has 0 bridgehead atoms. The molecule has 1 atom stereocenters. The lowest BCUT2D eigenvalue weighted by atomic mass is 9.95. The van der Waals surface area contributed by atoms with Crippen LogP contribution in [0.5, 0.6) is 0 Å². The number of nitrogens with zero attached hydrogens (tertiary/aromatic N) is 1. The number of hydrogen-bond acceptors (Lipinski definition) is 3. The lowest BCUT2D eigenvalue weighted by molar-refractivity contribution is 0.0299.